The second kappa shape index (κ2) is 12.3. The predicted molar refractivity (Wildman–Crippen MR) is 156 cm³/mol. The molecule has 0 radical (unpaired) electrons. The van der Waals surface area contributed by atoms with Crippen molar-refractivity contribution < 1.29 is 28.7 Å². The van der Waals surface area contributed by atoms with Crippen molar-refractivity contribution in [3.8, 4) is 0 Å². The van der Waals surface area contributed by atoms with Gasteiger partial charge in [0.1, 0.15) is 10.0 Å². The quantitative estimate of drug-likeness (QED) is 0.257. The third-order valence-corrected chi connectivity index (χ3v) is 9.88. The van der Waals surface area contributed by atoms with Crippen LogP contribution in [0.5, 0.6) is 0 Å². The summed E-state index contributed by atoms with van der Waals surface area (Å²) in [5, 5.41) is 6.73. The van der Waals surface area contributed by atoms with Gasteiger partial charge in [-0.1, -0.05) is 18.9 Å². The summed E-state index contributed by atoms with van der Waals surface area (Å²) in [5.41, 5.74) is 3.35. The number of thiophene rings is 2. The van der Waals surface area contributed by atoms with Crippen molar-refractivity contribution in [2.45, 2.75) is 64.2 Å². The van der Waals surface area contributed by atoms with Crippen LogP contribution < -0.4 is 10.6 Å². The number of carbonyl (C=O) groups excluding carboxylic acids is 4. The number of hydrogen-bond acceptors (Lipinski definition) is 8. The van der Waals surface area contributed by atoms with Crippen LogP contribution in [-0.4, -0.2) is 38.0 Å². The van der Waals surface area contributed by atoms with E-state index in [2.05, 4.69) is 10.6 Å². The number of esters is 2. The molecular weight excluding hydrogens is 548 g/mol. The van der Waals surface area contributed by atoms with Gasteiger partial charge in [0, 0.05) is 20.9 Å². The first kappa shape index (κ1) is 28.0. The maximum absolute atomic E-state index is 13.3. The molecular formula is C30H32N2O6S2. The number of hydrogen-bond donors (Lipinski definition) is 2. The lowest BCUT2D eigenvalue weighted by Gasteiger charge is -2.10. The molecule has 0 fully saturated rings. The fourth-order valence-corrected chi connectivity index (χ4v) is 7.99. The highest BCUT2D eigenvalue weighted by atomic mass is 32.1. The van der Waals surface area contributed by atoms with E-state index in [0.717, 1.165) is 85.1 Å². The lowest BCUT2D eigenvalue weighted by atomic mass is 10.1. The second-order valence-corrected chi connectivity index (χ2v) is 12.2. The predicted octanol–water partition coefficient (Wildman–Crippen LogP) is 6.43. The number of fused-ring (bicyclic) bond motifs is 2. The lowest BCUT2D eigenvalue weighted by molar-refractivity contribution is 0.0592. The number of methoxy groups -OCH3 is 2. The third-order valence-electron chi connectivity index (χ3n) is 7.46. The molecule has 0 aliphatic heterocycles. The number of amides is 2. The molecule has 8 nitrogen and oxygen atoms in total. The summed E-state index contributed by atoms with van der Waals surface area (Å²) in [4.78, 5) is 54.1. The van der Waals surface area contributed by atoms with E-state index in [0.29, 0.717) is 21.1 Å². The van der Waals surface area contributed by atoms with E-state index in [1.54, 1.807) is 18.2 Å². The standard InChI is InChI=1S/C30H32N2O6S2/c1-37-29(35)23-19-12-5-3-7-14-21(19)39-27(23)31-25(33)17-10-9-11-18(16-17)26(34)32-28-24(30(36)38-2)20-13-6-4-8-15-22(20)40-28/h9-11,16H,3-8,12-15H2,1-2H3,(H,31,33)(H,32,34). The zero-order valence-electron chi connectivity index (χ0n) is 22.6. The molecule has 3 aromatic rings. The number of benzene rings is 1. The Morgan fingerprint density at radius 1 is 0.650 bits per heavy atom. The minimum Gasteiger partial charge on any atom is -0.465 e. The monoisotopic (exact) mass is 580 g/mol. The Hall–Kier alpha value is -3.50. The highest BCUT2D eigenvalue weighted by Crippen LogP contribution is 2.39. The van der Waals surface area contributed by atoms with Crippen LogP contribution in [0.4, 0.5) is 10.0 Å². The second-order valence-electron chi connectivity index (χ2n) is 10.0. The molecule has 2 aliphatic carbocycles. The number of nitrogens with one attached hydrogen (secondary N) is 2. The van der Waals surface area contributed by atoms with Crippen molar-refractivity contribution in [3.63, 3.8) is 0 Å². The van der Waals surface area contributed by atoms with Gasteiger partial charge in [0.15, 0.2) is 0 Å². The van der Waals surface area contributed by atoms with Gasteiger partial charge in [-0.05, 0) is 80.7 Å². The maximum Gasteiger partial charge on any atom is 0.341 e. The molecule has 0 saturated carbocycles. The molecule has 0 unspecified atom stereocenters. The summed E-state index contributed by atoms with van der Waals surface area (Å²) in [6.45, 7) is 0. The molecule has 0 bridgehead atoms. The molecule has 210 valence electrons. The van der Waals surface area contributed by atoms with E-state index in [4.69, 9.17) is 9.47 Å². The number of ether oxygens (including phenoxy) is 2. The van der Waals surface area contributed by atoms with E-state index in [9.17, 15) is 19.2 Å². The van der Waals surface area contributed by atoms with Crippen molar-refractivity contribution in [1.29, 1.82) is 0 Å². The fourth-order valence-electron chi connectivity index (χ4n) is 5.45. The van der Waals surface area contributed by atoms with Gasteiger partial charge in [-0.15, -0.1) is 22.7 Å². The zero-order valence-corrected chi connectivity index (χ0v) is 24.3. The van der Waals surface area contributed by atoms with Crippen molar-refractivity contribution in [1.82, 2.24) is 0 Å². The Bertz CT molecular complexity index is 1370. The molecule has 40 heavy (non-hydrogen) atoms. The average molecular weight is 581 g/mol. The average Bonchev–Trinajstić information content (AvgIpc) is 3.25. The summed E-state index contributed by atoms with van der Waals surface area (Å²) in [6, 6.07) is 6.39. The van der Waals surface area contributed by atoms with Crippen LogP contribution in [0.2, 0.25) is 0 Å². The molecule has 10 heteroatoms. The molecule has 2 amide bonds. The first-order valence-corrected chi connectivity index (χ1v) is 15.2. The molecule has 2 N–H and O–H groups in total. The van der Waals surface area contributed by atoms with Crippen LogP contribution in [0, 0.1) is 0 Å². The van der Waals surface area contributed by atoms with Crippen LogP contribution in [0.1, 0.15) is 101 Å². The Labute approximate surface area is 241 Å². The van der Waals surface area contributed by atoms with Crippen LogP contribution in [0.25, 0.3) is 0 Å². The fraction of sp³-hybridized carbons (Fsp3) is 0.400. The Balaban J connectivity index is 1.38. The van der Waals surface area contributed by atoms with Gasteiger partial charge < -0.3 is 20.1 Å². The Kier molecular flexibility index (Phi) is 8.66. The van der Waals surface area contributed by atoms with E-state index in [1.807, 2.05) is 0 Å². The summed E-state index contributed by atoms with van der Waals surface area (Å²) in [7, 11) is 2.68. The lowest BCUT2D eigenvalue weighted by Crippen LogP contribution is -2.17. The van der Waals surface area contributed by atoms with E-state index in [1.165, 1.54) is 43.0 Å². The maximum atomic E-state index is 13.3. The molecule has 1 aromatic carbocycles. The van der Waals surface area contributed by atoms with Gasteiger partial charge in [0.2, 0.25) is 0 Å². The molecule has 0 saturated heterocycles. The number of aryl methyl sites for hydroxylation is 2. The van der Waals surface area contributed by atoms with Crippen LogP contribution >= 0.6 is 22.7 Å². The summed E-state index contributed by atoms with van der Waals surface area (Å²) < 4.78 is 10.1. The number of anilines is 2. The van der Waals surface area contributed by atoms with Crippen LogP contribution in [0.15, 0.2) is 24.3 Å². The summed E-state index contributed by atoms with van der Waals surface area (Å²) >= 11 is 2.84. The van der Waals surface area contributed by atoms with Gasteiger partial charge >= 0.3 is 11.9 Å². The van der Waals surface area contributed by atoms with Crippen LogP contribution in [0.3, 0.4) is 0 Å². The smallest absolute Gasteiger partial charge is 0.341 e. The Morgan fingerprint density at radius 2 is 1.07 bits per heavy atom. The van der Waals surface area contributed by atoms with E-state index in [-0.39, 0.29) is 11.1 Å². The van der Waals surface area contributed by atoms with Gasteiger partial charge in [-0.3, -0.25) is 9.59 Å². The molecule has 2 aliphatic rings. The SMILES string of the molecule is COC(=O)c1c(NC(=O)c2cccc(C(=O)Nc3sc4c(c3C(=O)OC)CCCCC4)c2)sc2c1CCCCC2. The minimum absolute atomic E-state index is 0.280. The van der Waals surface area contributed by atoms with Gasteiger partial charge in [0.25, 0.3) is 11.8 Å². The van der Waals surface area contributed by atoms with Crippen molar-refractivity contribution in [2.24, 2.45) is 0 Å². The van der Waals surface area contributed by atoms with Crippen molar-refractivity contribution >= 4 is 56.4 Å². The van der Waals surface area contributed by atoms with Gasteiger partial charge in [0.05, 0.1) is 25.3 Å². The highest BCUT2D eigenvalue weighted by molar-refractivity contribution is 7.17. The van der Waals surface area contributed by atoms with Crippen molar-refractivity contribution in [2.75, 3.05) is 24.9 Å². The highest BCUT2D eigenvalue weighted by Gasteiger charge is 2.28. The summed E-state index contributed by atoms with van der Waals surface area (Å²) in [6.07, 6.45) is 9.58. The molecule has 2 heterocycles. The molecule has 0 spiro atoms. The van der Waals surface area contributed by atoms with Crippen LogP contribution in [-0.2, 0) is 35.2 Å². The van der Waals surface area contributed by atoms with E-state index < -0.39 is 23.8 Å². The number of rotatable bonds is 6. The topological polar surface area (TPSA) is 111 Å². The normalized spacial score (nSPS) is 14.7. The third kappa shape index (κ3) is 5.69. The molecule has 0 atom stereocenters. The minimum atomic E-state index is -0.460. The first-order chi connectivity index (χ1) is 19.4. The van der Waals surface area contributed by atoms with Gasteiger partial charge in [-0.2, -0.15) is 0 Å². The number of carbonyl (C=O) groups is 4. The summed E-state index contributed by atoms with van der Waals surface area (Å²) in [5.74, 6) is -1.76. The van der Waals surface area contributed by atoms with Gasteiger partial charge in [-0.25, -0.2) is 9.59 Å². The van der Waals surface area contributed by atoms with Crippen molar-refractivity contribution in [3.05, 3.63) is 67.4 Å². The first-order valence-electron chi connectivity index (χ1n) is 13.6. The molecule has 2 aromatic heterocycles. The largest absolute Gasteiger partial charge is 0.465 e. The van der Waals surface area contributed by atoms with E-state index >= 15 is 0 Å². The molecule has 5 rings (SSSR count). The zero-order chi connectivity index (χ0) is 28.2. The Morgan fingerprint density at radius 3 is 1.50 bits per heavy atom.